The number of hydrogen-bond acceptors (Lipinski definition) is 13. The summed E-state index contributed by atoms with van der Waals surface area (Å²) in [6, 6.07) is 25.0. The van der Waals surface area contributed by atoms with Crippen molar-refractivity contribution in [3.05, 3.63) is 107 Å². The molecule has 17 nitrogen and oxygen atoms in total. The van der Waals surface area contributed by atoms with E-state index in [-0.39, 0.29) is 67.1 Å². The Balaban J connectivity index is 0.709. The lowest BCUT2D eigenvalue weighted by Crippen LogP contribution is -2.57. The summed E-state index contributed by atoms with van der Waals surface area (Å²) in [4.78, 5) is 79.4. The van der Waals surface area contributed by atoms with Crippen LogP contribution in [-0.2, 0) is 35.9 Å². The maximum atomic E-state index is 14.3. The highest BCUT2D eigenvalue weighted by Gasteiger charge is 2.45. The van der Waals surface area contributed by atoms with Crippen LogP contribution in [0.25, 0.3) is 21.7 Å². The van der Waals surface area contributed by atoms with Gasteiger partial charge in [0.25, 0.3) is 0 Å². The van der Waals surface area contributed by atoms with Crippen LogP contribution in [0.1, 0.15) is 121 Å². The van der Waals surface area contributed by atoms with Gasteiger partial charge in [0.05, 0.1) is 39.0 Å². The van der Waals surface area contributed by atoms with Crippen LogP contribution in [0.15, 0.2) is 90.4 Å². The lowest BCUT2D eigenvalue weighted by molar-refractivity contribution is -0.144. The fraction of sp³-hybridized carbons (Fsp3) is 0.500. The highest BCUT2D eigenvalue weighted by atomic mass is 32.1. The van der Waals surface area contributed by atoms with Gasteiger partial charge in [0.1, 0.15) is 17.8 Å². The molecule has 5 heterocycles. The van der Waals surface area contributed by atoms with E-state index < -0.39 is 29.0 Å². The molecule has 0 spiro atoms. The van der Waals surface area contributed by atoms with Gasteiger partial charge in [0.15, 0.2) is 5.82 Å². The van der Waals surface area contributed by atoms with Crippen LogP contribution in [-0.4, -0.2) is 122 Å². The molecule has 18 heteroatoms. The largest absolute Gasteiger partial charge is 0.507 e. The lowest BCUT2D eigenvalue weighted by atomic mass is 9.71. The second-order valence-electron chi connectivity index (χ2n) is 22.6. The zero-order valence-corrected chi connectivity index (χ0v) is 46.5. The number of carbonyl (C=O) groups excluding carboxylic acids is 5. The number of aliphatic hydroxyl groups excluding tert-OH is 1. The molecule has 0 unspecified atom stereocenters. The molecule has 416 valence electrons. The number of aryl methyl sites for hydroxylation is 1. The fourth-order valence-electron chi connectivity index (χ4n) is 11.2. The van der Waals surface area contributed by atoms with Gasteiger partial charge < -0.3 is 46.6 Å². The smallest absolute Gasteiger partial charge is 0.246 e. The van der Waals surface area contributed by atoms with E-state index in [2.05, 4.69) is 36.0 Å². The van der Waals surface area contributed by atoms with E-state index in [9.17, 15) is 34.2 Å². The molecule has 8 rings (SSSR count). The van der Waals surface area contributed by atoms with Gasteiger partial charge >= 0.3 is 0 Å². The maximum absolute atomic E-state index is 14.3. The molecule has 3 fully saturated rings. The predicted molar refractivity (Wildman–Crippen MR) is 304 cm³/mol. The predicted octanol–water partition coefficient (Wildman–Crippen LogP) is 7.69. The van der Waals surface area contributed by atoms with Crippen molar-refractivity contribution in [3.8, 4) is 27.4 Å². The number of hydrogen-bond donors (Lipinski definition) is 6. The summed E-state index contributed by atoms with van der Waals surface area (Å²) in [5.41, 5.74) is 12.5. The van der Waals surface area contributed by atoms with E-state index in [1.807, 2.05) is 105 Å². The first-order chi connectivity index (χ1) is 37.5. The number of phenols is 1. The Kier molecular flexibility index (Phi) is 19.2. The van der Waals surface area contributed by atoms with Crippen molar-refractivity contribution in [3.63, 3.8) is 0 Å². The van der Waals surface area contributed by atoms with Crippen LogP contribution < -0.4 is 26.6 Å². The van der Waals surface area contributed by atoms with Crippen LogP contribution in [0.2, 0.25) is 0 Å². The molecule has 3 atom stereocenters. The Hall–Kier alpha value is -6.92. The summed E-state index contributed by atoms with van der Waals surface area (Å²) in [6.07, 6.45) is 7.97. The SMILES string of the molecule is Cc1ncsc1-c1ccc(CNC(=O)[C@@H]2C[C@@H](O)CN2C(=O)[C@@H](NC(=O)CCCCCCCCC(=O)N2CCC(CNC(=O)C3(c4ccccc4)CCN(c4cc(-c5ccccc5O)nnc4N)CC3)CC2)C(C)(C)C)cc1. The topological polar surface area (TPSA) is 236 Å². The van der Waals surface area contributed by atoms with Crippen LogP contribution >= 0.6 is 11.3 Å². The van der Waals surface area contributed by atoms with Crippen LogP contribution in [0.5, 0.6) is 5.75 Å². The quantitative estimate of drug-likeness (QED) is 0.0388. The van der Waals surface area contributed by atoms with E-state index in [0.717, 1.165) is 77.9 Å². The van der Waals surface area contributed by atoms with Gasteiger partial charge in [0.2, 0.25) is 29.5 Å². The molecule has 2 aromatic heterocycles. The molecule has 0 bridgehead atoms. The normalized spacial score (nSPS) is 18.1. The number of anilines is 2. The summed E-state index contributed by atoms with van der Waals surface area (Å²) in [7, 11) is 0. The first-order valence-electron chi connectivity index (χ1n) is 27.8. The summed E-state index contributed by atoms with van der Waals surface area (Å²) in [6.45, 7) is 11.0. The average Bonchev–Trinajstić information content (AvgIpc) is 4.10. The van der Waals surface area contributed by atoms with Crippen molar-refractivity contribution >= 4 is 52.4 Å². The molecule has 3 aliphatic heterocycles. The number of benzene rings is 3. The molecule has 7 N–H and O–H groups in total. The highest BCUT2D eigenvalue weighted by molar-refractivity contribution is 7.13. The molecule has 0 radical (unpaired) electrons. The summed E-state index contributed by atoms with van der Waals surface area (Å²) in [5.74, 6) is -0.0830. The Morgan fingerprint density at radius 3 is 2.17 bits per heavy atom. The lowest BCUT2D eigenvalue weighted by Gasteiger charge is -2.42. The second kappa shape index (κ2) is 26.2. The van der Waals surface area contributed by atoms with Crippen molar-refractivity contribution in [2.75, 3.05) is 49.9 Å². The third-order valence-corrected chi connectivity index (χ3v) is 17.0. The summed E-state index contributed by atoms with van der Waals surface area (Å²) >= 11 is 1.58. The number of aromatic hydroxyl groups is 1. The number of piperidine rings is 2. The van der Waals surface area contributed by atoms with Crippen LogP contribution in [0, 0.1) is 18.3 Å². The van der Waals surface area contributed by atoms with Gasteiger partial charge in [-0.15, -0.1) is 21.5 Å². The maximum Gasteiger partial charge on any atom is 0.246 e. The first-order valence-corrected chi connectivity index (χ1v) is 28.7. The molecule has 5 aromatic rings. The number of likely N-dealkylation sites (tertiary alicyclic amines) is 2. The van der Waals surface area contributed by atoms with Crippen molar-refractivity contribution in [1.29, 1.82) is 0 Å². The molecular formula is C60H78N10O7S. The average molecular weight is 1080 g/mol. The number of rotatable bonds is 21. The van der Waals surface area contributed by atoms with Crippen LogP contribution in [0.4, 0.5) is 11.5 Å². The third kappa shape index (κ3) is 14.2. The molecule has 3 saturated heterocycles. The number of para-hydroxylation sites is 1. The van der Waals surface area contributed by atoms with Crippen molar-refractivity contribution in [2.24, 2.45) is 11.3 Å². The van der Waals surface area contributed by atoms with E-state index in [0.29, 0.717) is 75.5 Å². The number of aromatic nitrogens is 3. The van der Waals surface area contributed by atoms with E-state index in [1.54, 1.807) is 29.5 Å². The van der Waals surface area contributed by atoms with Crippen LogP contribution in [0.3, 0.4) is 0 Å². The van der Waals surface area contributed by atoms with E-state index in [4.69, 9.17) is 5.73 Å². The number of nitrogens with one attached hydrogen (secondary N) is 3. The number of nitrogens with zero attached hydrogens (tertiary/aromatic N) is 6. The van der Waals surface area contributed by atoms with E-state index in [1.165, 1.54) is 4.90 Å². The minimum absolute atomic E-state index is 0.0153. The number of carbonyl (C=O) groups is 5. The monoisotopic (exact) mass is 1080 g/mol. The molecule has 5 amide bonds. The van der Waals surface area contributed by atoms with Gasteiger partial charge in [-0.1, -0.05) is 113 Å². The second-order valence-corrected chi connectivity index (χ2v) is 23.4. The summed E-state index contributed by atoms with van der Waals surface area (Å²) in [5, 5.41) is 38.8. The number of amides is 5. The van der Waals surface area contributed by atoms with Gasteiger partial charge in [-0.2, -0.15) is 0 Å². The zero-order valence-electron chi connectivity index (χ0n) is 45.7. The highest BCUT2D eigenvalue weighted by Crippen LogP contribution is 2.40. The van der Waals surface area contributed by atoms with E-state index >= 15 is 0 Å². The molecule has 0 aliphatic carbocycles. The van der Waals surface area contributed by atoms with Gasteiger partial charge in [-0.05, 0) is 91.7 Å². The molecule has 78 heavy (non-hydrogen) atoms. The molecule has 3 aliphatic rings. The van der Waals surface area contributed by atoms with Gasteiger partial charge in [-0.25, -0.2) is 4.98 Å². The number of nitrogens with two attached hydrogens (primary N) is 1. The number of phenolic OH excluding ortho intramolecular Hbond substituents is 1. The van der Waals surface area contributed by atoms with Crippen molar-refractivity contribution < 1.29 is 34.2 Å². The van der Waals surface area contributed by atoms with Gasteiger partial charge in [0, 0.05) is 70.6 Å². The number of nitrogen functional groups attached to an aromatic ring is 1. The number of aliphatic hydroxyl groups is 1. The summed E-state index contributed by atoms with van der Waals surface area (Å²) < 4.78 is 0. The number of β-amino-alcohol motifs (C(OH)–C–C–N with tert-alkyl or cyclic N) is 1. The fourth-order valence-corrected chi connectivity index (χ4v) is 12.0. The minimum atomic E-state index is -0.877. The molecule has 3 aromatic carbocycles. The number of thiazole rings is 1. The number of unbranched alkanes of at least 4 members (excludes halogenated alkanes) is 5. The Labute approximate surface area is 462 Å². The third-order valence-electron chi connectivity index (χ3n) is 16.0. The Morgan fingerprint density at radius 1 is 0.833 bits per heavy atom. The van der Waals surface area contributed by atoms with Crippen molar-refractivity contribution in [1.82, 2.24) is 40.9 Å². The minimum Gasteiger partial charge on any atom is -0.507 e. The first kappa shape index (κ1) is 57.3. The Bertz CT molecular complexity index is 2840. The van der Waals surface area contributed by atoms with Crippen molar-refractivity contribution in [2.45, 2.75) is 141 Å². The zero-order chi connectivity index (χ0) is 55.4. The standard InChI is InChI=1S/C60H78N10O7S/c1-40-53(78-39-64-40)43-24-22-41(23-25-43)36-62-56(75)49-34-45(71)38-70(49)57(76)54(59(2,3)4)65-51(73)20-12-7-5-6-8-13-21-52(74)69-30-26-42(27-31-69)37-63-58(77)60(44-16-10-9-11-17-44)28-32-68(33-29-60)48-35-47(66-67-55(48)61)46-18-14-15-19-50(46)72/h9-11,14-19,22-25,35,39,42,45,49,54,71-72H,5-8,12-13,20-21,26-34,36-38H2,1-4H3,(H2,61,67)(H,62,75)(H,63,77)(H,65,73)/t45-,49+,54-/m1/s1. The Morgan fingerprint density at radius 2 is 1.50 bits per heavy atom. The van der Waals surface area contributed by atoms with Gasteiger partial charge in [-0.3, -0.25) is 24.0 Å². The molecular weight excluding hydrogens is 1000 g/mol. The molecule has 0 saturated carbocycles.